The van der Waals surface area contributed by atoms with E-state index in [1.165, 1.54) is 0 Å². The summed E-state index contributed by atoms with van der Waals surface area (Å²) in [4.78, 5) is 23.9. The van der Waals surface area contributed by atoms with E-state index in [4.69, 9.17) is 0 Å². The third kappa shape index (κ3) is 3.15. The Kier molecular flexibility index (Phi) is 4.78. The molecule has 4 heteroatoms. The normalized spacial score (nSPS) is 17.3. The molecule has 0 aromatic heterocycles. The van der Waals surface area contributed by atoms with Gasteiger partial charge in [0.1, 0.15) is 6.04 Å². The number of allylic oxidation sites excluding steroid dienone is 1. The SMILES string of the molecule is C=CCCC(NC(=O)C1(c2ccccc2)CCC1)C(=O)O. The molecule has 2 rings (SSSR count). The maximum Gasteiger partial charge on any atom is 0.326 e. The second-order valence-corrected chi connectivity index (χ2v) is 5.53. The highest BCUT2D eigenvalue weighted by molar-refractivity contribution is 5.92. The van der Waals surface area contributed by atoms with Crippen LogP contribution in [-0.2, 0) is 15.0 Å². The predicted molar refractivity (Wildman–Crippen MR) is 81.0 cm³/mol. The number of carboxylic acid groups (broad SMARTS) is 1. The number of carbonyl (C=O) groups is 2. The molecule has 0 radical (unpaired) electrons. The molecule has 1 saturated carbocycles. The zero-order chi connectivity index (χ0) is 15.3. The Bertz CT molecular complexity index is 520. The molecule has 112 valence electrons. The molecule has 1 unspecified atom stereocenters. The maximum absolute atomic E-state index is 12.6. The monoisotopic (exact) mass is 287 g/mol. The second kappa shape index (κ2) is 6.57. The number of rotatable bonds is 7. The van der Waals surface area contributed by atoms with E-state index in [1.807, 2.05) is 30.3 Å². The van der Waals surface area contributed by atoms with E-state index in [2.05, 4.69) is 11.9 Å². The third-order valence-electron chi connectivity index (χ3n) is 4.23. The summed E-state index contributed by atoms with van der Waals surface area (Å²) >= 11 is 0. The van der Waals surface area contributed by atoms with Crippen LogP contribution in [0.4, 0.5) is 0 Å². The first-order chi connectivity index (χ1) is 10.1. The standard InChI is InChI=1S/C17H21NO3/c1-2-3-10-14(15(19)20)18-16(21)17(11-7-12-17)13-8-5-4-6-9-13/h2,4-6,8-9,14H,1,3,7,10-12H2,(H,18,21)(H,19,20). The van der Waals surface area contributed by atoms with Gasteiger partial charge in [0.25, 0.3) is 0 Å². The van der Waals surface area contributed by atoms with E-state index >= 15 is 0 Å². The second-order valence-electron chi connectivity index (χ2n) is 5.53. The molecule has 0 bridgehead atoms. The van der Waals surface area contributed by atoms with Gasteiger partial charge in [0.15, 0.2) is 0 Å². The van der Waals surface area contributed by atoms with Crippen molar-refractivity contribution in [1.82, 2.24) is 5.32 Å². The molecule has 4 nitrogen and oxygen atoms in total. The van der Waals surface area contributed by atoms with Crippen molar-refractivity contribution >= 4 is 11.9 Å². The molecule has 0 aliphatic heterocycles. The van der Waals surface area contributed by atoms with Crippen molar-refractivity contribution in [3.05, 3.63) is 48.6 Å². The van der Waals surface area contributed by atoms with Crippen LogP contribution in [0.15, 0.2) is 43.0 Å². The Morgan fingerprint density at radius 3 is 2.48 bits per heavy atom. The molecule has 0 spiro atoms. The minimum Gasteiger partial charge on any atom is -0.480 e. The van der Waals surface area contributed by atoms with Gasteiger partial charge in [0, 0.05) is 0 Å². The average Bonchev–Trinajstić information content (AvgIpc) is 2.43. The predicted octanol–water partition coefficient (Wildman–Crippen LogP) is 2.64. The Balaban J connectivity index is 2.13. The summed E-state index contributed by atoms with van der Waals surface area (Å²) in [7, 11) is 0. The van der Waals surface area contributed by atoms with E-state index in [-0.39, 0.29) is 5.91 Å². The Morgan fingerprint density at radius 2 is 2.00 bits per heavy atom. The quantitative estimate of drug-likeness (QED) is 0.758. The number of carboxylic acids is 1. The number of hydrogen-bond acceptors (Lipinski definition) is 2. The summed E-state index contributed by atoms with van der Waals surface area (Å²) in [6.07, 6.45) is 5.14. The molecule has 0 saturated heterocycles. The van der Waals surface area contributed by atoms with Crippen LogP contribution in [0.25, 0.3) is 0 Å². The number of aliphatic carboxylic acids is 1. The fourth-order valence-electron chi connectivity index (χ4n) is 2.77. The first-order valence-electron chi connectivity index (χ1n) is 7.30. The van der Waals surface area contributed by atoms with Crippen LogP contribution < -0.4 is 5.32 Å². The average molecular weight is 287 g/mol. The lowest BCUT2D eigenvalue weighted by atomic mass is 9.63. The van der Waals surface area contributed by atoms with Gasteiger partial charge in [-0.1, -0.05) is 42.8 Å². The molecular weight excluding hydrogens is 266 g/mol. The fourth-order valence-corrected chi connectivity index (χ4v) is 2.77. The molecular formula is C17H21NO3. The molecule has 1 aromatic carbocycles. The molecule has 21 heavy (non-hydrogen) atoms. The van der Waals surface area contributed by atoms with Crippen LogP contribution in [0, 0.1) is 0 Å². The van der Waals surface area contributed by atoms with Gasteiger partial charge in [-0.05, 0) is 31.2 Å². The van der Waals surface area contributed by atoms with Crippen LogP contribution in [-0.4, -0.2) is 23.0 Å². The fraction of sp³-hybridized carbons (Fsp3) is 0.412. The summed E-state index contributed by atoms with van der Waals surface area (Å²) in [6, 6.07) is 8.77. The number of nitrogens with one attached hydrogen (secondary N) is 1. The van der Waals surface area contributed by atoms with Gasteiger partial charge < -0.3 is 10.4 Å². The van der Waals surface area contributed by atoms with Crippen molar-refractivity contribution in [2.45, 2.75) is 43.6 Å². The molecule has 1 aromatic rings. The van der Waals surface area contributed by atoms with Gasteiger partial charge in [-0.15, -0.1) is 6.58 Å². The topological polar surface area (TPSA) is 66.4 Å². The summed E-state index contributed by atoms with van der Waals surface area (Å²) < 4.78 is 0. The van der Waals surface area contributed by atoms with E-state index in [0.29, 0.717) is 12.8 Å². The minimum absolute atomic E-state index is 0.170. The van der Waals surface area contributed by atoms with Crippen molar-refractivity contribution < 1.29 is 14.7 Å². The highest BCUT2D eigenvalue weighted by Gasteiger charge is 2.46. The molecule has 1 atom stereocenters. The smallest absolute Gasteiger partial charge is 0.326 e. The minimum atomic E-state index is -0.993. The number of amides is 1. The van der Waals surface area contributed by atoms with Gasteiger partial charge in [-0.3, -0.25) is 4.79 Å². The third-order valence-corrected chi connectivity index (χ3v) is 4.23. The van der Waals surface area contributed by atoms with Crippen LogP contribution in [0.3, 0.4) is 0 Å². The number of carbonyl (C=O) groups excluding carboxylic acids is 1. The van der Waals surface area contributed by atoms with E-state index in [1.54, 1.807) is 6.08 Å². The molecule has 2 N–H and O–H groups in total. The van der Waals surface area contributed by atoms with Crippen molar-refractivity contribution in [1.29, 1.82) is 0 Å². The van der Waals surface area contributed by atoms with Gasteiger partial charge in [-0.25, -0.2) is 4.79 Å². The van der Waals surface area contributed by atoms with Crippen molar-refractivity contribution in [2.24, 2.45) is 0 Å². The molecule has 1 aliphatic carbocycles. The van der Waals surface area contributed by atoms with E-state index in [9.17, 15) is 14.7 Å². The highest BCUT2D eigenvalue weighted by Crippen LogP contribution is 2.44. The largest absolute Gasteiger partial charge is 0.480 e. The first kappa shape index (κ1) is 15.3. The van der Waals surface area contributed by atoms with Gasteiger partial charge >= 0.3 is 5.97 Å². The van der Waals surface area contributed by atoms with E-state index in [0.717, 1.165) is 24.8 Å². The number of benzene rings is 1. The number of hydrogen-bond donors (Lipinski definition) is 2. The van der Waals surface area contributed by atoms with Crippen LogP contribution in [0.2, 0.25) is 0 Å². The van der Waals surface area contributed by atoms with Crippen molar-refractivity contribution in [3.63, 3.8) is 0 Å². The summed E-state index contributed by atoms with van der Waals surface area (Å²) in [5, 5.41) is 11.9. The van der Waals surface area contributed by atoms with Gasteiger partial charge in [0.05, 0.1) is 5.41 Å². The lowest BCUT2D eigenvalue weighted by Crippen LogP contribution is -2.53. The lowest BCUT2D eigenvalue weighted by molar-refractivity contribution is -0.143. The van der Waals surface area contributed by atoms with Crippen molar-refractivity contribution in [2.75, 3.05) is 0 Å². The zero-order valence-electron chi connectivity index (χ0n) is 12.0. The molecule has 1 amide bonds. The maximum atomic E-state index is 12.6. The Labute approximate surface area is 124 Å². The highest BCUT2D eigenvalue weighted by atomic mass is 16.4. The van der Waals surface area contributed by atoms with Crippen LogP contribution in [0.1, 0.15) is 37.7 Å². The Hall–Kier alpha value is -2.10. The lowest BCUT2D eigenvalue weighted by Gasteiger charge is -2.41. The summed E-state index contributed by atoms with van der Waals surface area (Å²) in [5.41, 5.74) is 0.421. The van der Waals surface area contributed by atoms with Gasteiger partial charge in [-0.2, -0.15) is 0 Å². The Morgan fingerprint density at radius 1 is 1.33 bits per heavy atom. The molecule has 1 aliphatic rings. The van der Waals surface area contributed by atoms with Crippen LogP contribution >= 0.6 is 0 Å². The molecule has 1 fully saturated rings. The van der Waals surface area contributed by atoms with Crippen molar-refractivity contribution in [3.8, 4) is 0 Å². The summed E-state index contributed by atoms with van der Waals surface area (Å²) in [6.45, 7) is 3.59. The van der Waals surface area contributed by atoms with Crippen LogP contribution in [0.5, 0.6) is 0 Å². The van der Waals surface area contributed by atoms with E-state index < -0.39 is 17.4 Å². The van der Waals surface area contributed by atoms with Gasteiger partial charge in [0.2, 0.25) is 5.91 Å². The first-order valence-corrected chi connectivity index (χ1v) is 7.30. The molecule has 0 heterocycles. The summed E-state index contributed by atoms with van der Waals surface area (Å²) in [5.74, 6) is -1.16. The zero-order valence-corrected chi connectivity index (χ0v) is 12.0.